The molecule has 0 aliphatic carbocycles. The van der Waals surface area contributed by atoms with Gasteiger partial charge >= 0.3 is 0 Å². The average molecular weight is 455 g/mol. The van der Waals surface area contributed by atoms with Crippen LogP contribution in [0.3, 0.4) is 0 Å². The summed E-state index contributed by atoms with van der Waals surface area (Å²) in [6.45, 7) is 11.3. The average Bonchev–Trinajstić information content (AvgIpc) is 3.24. The van der Waals surface area contributed by atoms with Crippen molar-refractivity contribution in [2.45, 2.75) is 63.3 Å². The number of aromatic nitrogens is 3. The Hall–Kier alpha value is -2.25. The summed E-state index contributed by atoms with van der Waals surface area (Å²) in [6.07, 6.45) is 4.33. The number of para-hydroxylation sites is 1. The van der Waals surface area contributed by atoms with Gasteiger partial charge in [-0.05, 0) is 49.5 Å². The molecule has 3 heterocycles. The smallest absolute Gasteiger partial charge is 0.177 e. The van der Waals surface area contributed by atoms with Crippen LogP contribution in [0.2, 0.25) is 0 Å². The molecule has 1 fully saturated rings. The van der Waals surface area contributed by atoms with Crippen LogP contribution in [0.25, 0.3) is 5.65 Å². The number of hydrogen-bond donors (Lipinski definition) is 2. The van der Waals surface area contributed by atoms with Crippen molar-refractivity contribution >= 4 is 28.8 Å². The summed E-state index contributed by atoms with van der Waals surface area (Å²) in [5, 5.41) is 13.7. The molecule has 0 spiro atoms. The predicted octanol–water partition coefficient (Wildman–Crippen LogP) is 5.40. The molecule has 1 aliphatic heterocycles. The summed E-state index contributed by atoms with van der Waals surface area (Å²) in [4.78, 5) is 6.86. The third-order valence-electron chi connectivity index (χ3n) is 5.58. The number of imidazole rings is 1. The SMILES string of the molecule is CC.CC(C)c1cnc2c(NCc3ccccc3N(C)C)cc(SC3CCNCC3)nn12. The van der Waals surface area contributed by atoms with Crippen LogP contribution in [0.1, 0.15) is 57.7 Å². The number of nitrogens with zero attached hydrogens (tertiary/aromatic N) is 4. The Morgan fingerprint density at radius 1 is 1.19 bits per heavy atom. The van der Waals surface area contributed by atoms with E-state index in [2.05, 4.69) is 73.8 Å². The number of thioether (sulfide) groups is 1. The Morgan fingerprint density at radius 3 is 2.59 bits per heavy atom. The number of benzene rings is 1. The van der Waals surface area contributed by atoms with Gasteiger partial charge in [0.2, 0.25) is 0 Å². The maximum atomic E-state index is 4.96. The van der Waals surface area contributed by atoms with Gasteiger partial charge in [0.05, 0.1) is 17.6 Å². The number of fused-ring (bicyclic) bond motifs is 1. The second-order valence-corrected chi connectivity index (χ2v) is 9.73. The highest BCUT2D eigenvalue weighted by Crippen LogP contribution is 2.31. The fourth-order valence-corrected chi connectivity index (χ4v) is 5.04. The lowest BCUT2D eigenvalue weighted by atomic mass is 10.1. The van der Waals surface area contributed by atoms with Gasteiger partial charge in [-0.3, -0.25) is 0 Å². The van der Waals surface area contributed by atoms with E-state index in [9.17, 15) is 0 Å². The summed E-state index contributed by atoms with van der Waals surface area (Å²) in [6, 6.07) is 10.7. The molecule has 2 N–H and O–H groups in total. The van der Waals surface area contributed by atoms with E-state index in [0.29, 0.717) is 11.2 Å². The molecule has 2 aromatic heterocycles. The van der Waals surface area contributed by atoms with Crippen LogP contribution in [0.5, 0.6) is 0 Å². The predicted molar refractivity (Wildman–Crippen MR) is 138 cm³/mol. The first-order valence-corrected chi connectivity index (χ1v) is 12.7. The van der Waals surface area contributed by atoms with E-state index in [4.69, 9.17) is 10.1 Å². The minimum atomic E-state index is 0.369. The number of piperidine rings is 1. The number of hydrogen-bond acceptors (Lipinski definition) is 6. The number of nitrogens with one attached hydrogen (secondary N) is 2. The molecule has 6 nitrogen and oxygen atoms in total. The van der Waals surface area contributed by atoms with Gasteiger partial charge in [0.1, 0.15) is 5.03 Å². The monoisotopic (exact) mass is 454 g/mol. The molecule has 4 rings (SSSR count). The Balaban J connectivity index is 0.00000141. The van der Waals surface area contributed by atoms with Gasteiger partial charge in [-0.15, -0.1) is 11.8 Å². The Morgan fingerprint density at radius 2 is 1.91 bits per heavy atom. The molecule has 1 aliphatic rings. The van der Waals surface area contributed by atoms with Crippen LogP contribution in [-0.2, 0) is 6.54 Å². The van der Waals surface area contributed by atoms with Gasteiger partial charge in [-0.25, -0.2) is 9.50 Å². The van der Waals surface area contributed by atoms with Crippen molar-refractivity contribution in [2.75, 3.05) is 37.4 Å². The van der Waals surface area contributed by atoms with Gasteiger partial charge in [0.15, 0.2) is 5.65 Å². The fourth-order valence-electron chi connectivity index (χ4n) is 3.92. The minimum absolute atomic E-state index is 0.369. The normalized spacial score (nSPS) is 14.3. The second-order valence-electron chi connectivity index (χ2n) is 8.41. The van der Waals surface area contributed by atoms with E-state index in [1.807, 2.05) is 36.3 Å². The lowest BCUT2D eigenvalue weighted by Gasteiger charge is -2.22. The van der Waals surface area contributed by atoms with Crippen LogP contribution < -0.4 is 15.5 Å². The molecule has 0 amide bonds. The highest BCUT2D eigenvalue weighted by Gasteiger charge is 2.19. The van der Waals surface area contributed by atoms with Crippen molar-refractivity contribution < 1.29 is 0 Å². The van der Waals surface area contributed by atoms with Gasteiger partial charge < -0.3 is 15.5 Å². The first-order valence-electron chi connectivity index (χ1n) is 11.8. The molecule has 3 aromatic rings. The van der Waals surface area contributed by atoms with Crippen LogP contribution in [-0.4, -0.2) is 47.0 Å². The minimum Gasteiger partial charge on any atom is -0.378 e. The van der Waals surface area contributed by atoms with E-state index in [1.165, 1.54) is 24.1 Å². The first-order chi connectivity index (χ1) is 15.5. The maximum Gasteiger partial charge on any atom is 0.177 e. The van der Waals surface area contributed by atoms with E-state index < -0.39 is 0 Å². The standard InChI is InChI=1S/C23H32N6S.C2H6/c1-16(2)21-15-26-23-19(25-14-17-7-5-6-8-20(17)28(3)4)13-22(27-29(21)23)30-18-9-11-24-12-10-18;1-2/h5-8,13,15-16,18,24-25H,9-12,14H2,1-4H3;1-2H3. The van der Waals surface area contributed by atoms with Crippen molar-refractivity contribution in [1.29, 1.82) is 0 Å². The fraction of sp³-hybridized carbons (Fsp3) is 0.520. The van der Waals surface area contributed by atoms with Crippen molar-refractivity contribution in [3.63, 3.8) is 0 Å². The molecule has 0 unspecified atom stereocenters. The van der Waals surface area contributed by atoms with E-state index in [0.717, 1.165) is 41.7 Å². The largest absolute Gasteiger partial charge is 0.378 e. The third kappa shape index (κ3) is 5.75. The van der Waals surface area contributed by atoms with Gasteiger partial charge in [0.25, 0.3) is 0 Å². The lowest BCUT2D eigenvalue weighted by Crippen LogP contribution is -2.29. The molecule has 0 saturated carbocycles. The molecule has 0 bridgehead atoms. The molecule has 7 heteroatoms. The summed E-state index contributed by atoms with van der Waals surface area (Å²) < 4.78 is 2.04. The van der Waals surface area contributed by atoms with Gasteiger partial charge in [0, 0.05) is 31.6 Å². The van der Waals surface area contributed by atoms with Crippen LogP contribution in [0.4, 0.5) is 11.4 Å². The molecule has 1 aromatic carbocycles. The lowest BCUT2D eigenvalue weighted by molar-refractivity contribution is 0.531. The molecular formula is C25H38N6S. The van der Waals surface area contributed by atoms with E-state index in [-0.39, 0.29) is 0 Å². The van der Waals surface area contributed by atoms with Crippen LogP contribution >= 0.6 is 11.8 Å². The maximum absolute atomic E-state index is 4.96. The molecular weight excluding hydrogens is 416 g/mol. The van der Waals surface area contributed by atoms with Crippen LogP contribution in [0.15, 0.2) is 41.6 Å². The van der Waals surface area contributed by atoms with Crippen molar-refractivity contribution in [1.82, 2.24) is 19.9 Å². The highest BCUT2D eigenvalue weighted by atomic mass is 32.2. The number of rotatable bonds is 7. The Kier molecular flexibility index (Phi) is 8.82. The third-order valence-corrected chi connectivity index (χ3v) is 6.83. The van der Waals surface area contributed by atoms with E-state index in [1.54, 1.807) is 0 Å². The Labute approximate surface area is 197 Å². The molecule has 1 saturated heterocycles. The quantitative estimate of drug-likeness (QED) is 0.498. The zero-order valence-electron chi connectivity index (χ0n) is 20.4. The number of anilines is 2. The Bertz CT molecular complexity index is 991. The second kappa shape index (κ2) is 11.6. The summed E-state index contributed by atoms with van der Waals surface area (Å²) in [5.74, 6) is 0.369. The molecule has 174 valence electrons. The summed E-state index contributed by atoms with van der Waals surface area (Å²) >= 11 is 1.90. The van der Waals surface area contributed by atoms with Gasteiger partial charge in [-0.1, -0.05) is 45.9 Å². The first kappa shape index (κ1) is 24.4. The van der Waals surface area contributed by atoms with Crippen molar-refractivity contribution in [2.24, 2.45) is 0 Å². The van der Waals surface area contributed by atoms with E-state index >= 15 is 0 Å². The topological polar surface area (TPSA) is 57.5 Å². The van der Waals surface area contributed by atoms with Crippen molar-refractivity contribution in [3.05, 3.63) is 47.8 Å². The van der Waals surface area contributed by atoms with Crippen LogP contribution in [0, 0.1) is 0 Å². The molecule has 0 radical (unpaired) electrons. The zero-order valence-corrected chi connectivity index (χ0v) is 21.2. The van der Waals surface area contributed by atoms with Gasteiger partial charge in [-0.2, -0.15) is 5.10 Å². The summed E-state index contributed by atoms with van der Waals surface area (Å²) in [7, 11) is 4.17. The highest BCUT2D eigenvalue weighted by molar-refractivity contribution is 7.99. The zero-order chi connectivity index (χ0) is 23.1. The molecule has 0 atom stereocenters. The molecule has 32 heavy (non-hydrogen) atoms. The van der Waals surface area contributed by atoms with Crippen molar-refractivity contribution in [3.8, 4) is 0 Å². The summed E-state index contributed by atoms with van der Waals surface area (Å²) in [5.41, 5.74) is 5.58.